The standard InChI is InChI=1S/C14H16N2/c1-2-4-14-9-12(5-6-13(14)3-1)10-16-8-7-15-11-16/h1-4,7-8,11-12H,5-6,9-10H2. The van der Waals surface area contributed by atoms with Crippen molar-refractivity contribution in [2.45, 2.75) is 25.8 Å². The van der Waals surface area contributed by atoms with Crippen LogP contribution in [0.25, 0.3) is 0 Å². The van der Waals surface area contributed by atoms with Gasteiger partial charge in [0.05, 0.1) is 6.33 Å². The van der Waals surface area contributed by atoms with Crippen LogP contribution in [-0.4, -0.2) is 9.55 Å². The Kier molecular flexibility index (Phi) is 2.49. The minimum absolute atomic E-state index is 0.768. The highest BCUT2D eigenvalue weighted by atomic mass is 15.0. The first-order valence-electron chi connectivity index (χ1n) is 5.94. The molecule has 2 nitrogen and oxygen atoms in total. The van der Waals surface area contributed by atoms with Gasteiger partial charge in [0.2, 0.25) is 0 Å². The lowest BCUT2D eigenvalue weighted by atomic mass is 9.84. The molecule has 2 heteroatoms. The number of imidazole rings is 1. The van der Waals surface area contributed by atoms with E-state index in [0.717, 1.165) is 12.5 Å². The molecule has 1 atom stereocenters. The first kappa shape index (κ1) is 9.64. The Balaban J connectivity index is 1.73. The highest BCUT2D eigenvalue weighted by molar-refractivity contribution is 5.29. The van der Waals surface area contributed by atoms with Crippen LogP contribution >= 0.6 is 0 Å². The molecular weight excluding hydrogens is 196 g/mol. The number of aromatic nitrogens is 2. The minimum atomic E-state index is 0.768. The molecule has 1 aromatic heterocycles. The van der Waals surface area contributed by atoms with Crippen molar-refractivity contribution in [3.05, 3.63) is 54.1 Å². The second-order valence-electron chi connectivity index (χ2n) is 4.64. The highest BCUT2D eigenvalue weighted by Crippen LogP contribution is 2.26. The zero-order chi connectivity index (χ0) is 10.8. The molecule has 0 saturated carbocycles. The summed E-state index contributed by atoms with van der Waals surface area (Å²) in [6.07, 6.45) is 9.58. The molecule has 1 aliphatic rings. The van der Waals surface area contributed by atoms with Gasteiger partial charge in [0.1, 0.15) is 0 Å². The molecule has 82 valence electrons. The van der Waals surface area contributed by atoms with Crippen molar-refractivity contribution in [2.24, 2.45) is 5.92 Å². The van der Waals surface area contributed by atoms with Crippen LogP contribution in [0.5, 0.6) is 0 Å². The molecule has 0 amide bonds. The number of aryl methyl sites for hydroxylation is 1. The van der Waals surface area contributed by atoms with Crippen LogP contribution in [0.3, 0.4) is 0 Å². The quantitative estimate of drug-likeness (QED) is 0.748. The van der Waals surface area contributed by atoms with E-state index >= 15 is 0 Å². The normalized spacial score (nSPS) is 19.4. The van der Waals surface area contributed by atoms with Gasteiger partial charge in [0, 0.05) is 18.9 Å². The van der Waals surface area contributed by atoms with E-state index < -0.39 is 0 Å². The molecule has 1 aromatic carbocycles. The highest BCUT2D eigenvalue weighted by Gasteiger charge is 2.18. The molecule has 1 heterocycles. The first-order valence-corrected chi connectivity index (χ1v) is 5.94. The third kappa shape index (κ3) is 1.87. The fourth-order valence-electron chi connectivity index (χ4n) is 2.62. The molecule has 0 bridgehead atoms. The lowest BCUT2D eigenvalue weighted by Crippen LogP contribution is -2.18. The van der Waals surface area contributed by atoms with Gasteiger partial charge in [-0.3, -0.25) is 0 Å². The molecule has 2 aromatic rings. The van der Waals surface area contributed by atoms with Crippen molar-refractivity contribution in [1.29, 1.82) is 0 Å². The minimum Gasteiger partial charge on any atom is -0.337 e. The Bertz CT molecular complexity index is 459. The summed E-state index contributed by atoms with van der Waals surface area (Å²) in [5.74, 6) is 0.768. The average molecular weight is 212 g/mol. The monoisotopic (exact) mass is 212 g/mol. The Hall–Kier alpha value is -1.57. The molecule has 0 fully saturated rings. The SMILES string of the molecule is c1ccc2c(c1)CCC(Cn1ccnc1)C2. The van der Waals surface area contributed by atoms with E-state index in [1.807, 2.05) is 12.5 Å². The summed E-state index contributed by atoms with van der Waals surface area (Å²) in [6.45, 7) is 1.11. The summed E-state index contributed by atoms with van der Waals surface area (Å²) in [4.78, 5) is 4.09. The zero-order valence-corrected chi connectivity index (χ0v) is 9.34. The van der Waals surface area contributed by atoms with Crippen LogP contribution in [0, 0.1) is 5.92 Å². The van der Waals surface area contributed by atoms with Gasteiger partial charge in [-0.1, -0.05) is 24.3 Å². The summed E-state index contributed by atoms with van der Waals surface area (Å²) in [5.41, 5.74) is 3.09. The van der Waals surface area contributed by atoms with Gasteiger partial charge >= 0.3 is 0 Å². The van der Waals surface area contributed by atoms with Crippen molar-refractivity contribution in [3.63, 3.8) is 0 Å². The molecule has 16 heavy (non-hydrogen) atoms. The number of hydrogen-bond acceptors (Lipinski definition) is 1. The van der Waals surface area contributed by atoms with Gasteiger partial charge in [-0.25, -0.2) is 4.98 Å². The van der Waals surface area contributed by atoms with Gasteiger partial charge in [0.25, 0.3) is 0 Å². The van der Waals surface area contributed by atoms with Crippen molar-refractivity contribution in [1.82, 2.24) is 9.55 Å². The van der Waals surface area contributed by atoms with Crippen molar-refractivity contribution in [2.75, 3.05) is 0 Å². The van der Waals surface area contributed by atoms with Crippen LogP contribution in [0.4, 0.5) is 0 Å². The van der Waals surface area contributed by atoms with E-state index in [1.165, 1.54) is 19.3 Å². The molecular formula is C14H16N2. The zero-order valence-electron chi connectivity index (χ0n) is 9.34. The molecule has 0 radical (unpaired) electrons. The topological polar surface area (TPSA) is 17.8 Å². The number of fused-ring (bicyclic) bond motifs is 1. The van der Waals surface area contributed by atoms with E-state index in [0.29, 0.717) is 0 Å². The summed E-state index contributed by atoms with van der Waals surface area (Å²) in [5, 5.41) is 0. The van der Waals surface area contributed by atoms with E-state index in [-0.39, 0.29) is 0 Å². The van der Waals surface area contributed by atoms with E-state index in [2.05, 4.69) is 40.0 Å². The van der Waals surface area contributed by atoms with Crippen LogP contribution in [-0.2, 0) is 19.4 Å². The molecule has 0 N–H and O–H groups in total. The molecule has 0 spiro atoms. The fraction of sp³-hybridized carbons (Fsp3) is 0.357. The van der Waals surface area contributed by atoms with Gasteiger partial charge < -0.3 is 4.57 Å². The van der Waals surface area contributed by atoms with Crippen LogP contribution in [0.2, 0.25) is 0 Å². The summed E-state index contributed by atoms with van der Waals surface area (Å²) in [6, 6.07) is 8.84. The Morgan fingerprint density at radius 3 is 2.94 bits per heavy atom. The number of hydrogen-bond donors (Lipinski definition) is 0. The molecule has 1 unspecified atom stereocenters. The third-order valence-electron chi connectivity index (χ3n) is 3.48. The van der Waals surface area contributed by atoms with Gasteiger partial charge in [-0.05, 0) is 36.3 Å². The van der Waals surface area contributed by atoms with Crippen molar-refractivity contribution < 1.29 is 0 Å². The van der Waals surface area contributed by atoms with Crippen molar-refractivity contribution in [3.8, 4) is 0 Å². The molecule has 3 rings (SSSR count). The number of nitrogens with zero attached hydrogens (tertiary/aromatic N) is 2. The summed E-state index contributed by atoms with van der Waals surface area (Å²) < 4.78 is 2.19. The number of rotatable bonds is 2. The Morgan fingerprint density at radius 2 is 2.12 bits per heavy atom. The Morgan fingerprint density at radius 1 is 1.25 bits per heavy atom. The smallest absolute Gasteiger partial charge is 0.0945 e. The molecule has 0 aliphatic heterocycles. The van der Waals surface area contributed by atoms with Crippen LogP contribution in [0.1, 0.15) is 17.5 Å². The van der Waals surface area contributed by atoms with E-state index in [1.54, 1.807) is 11.1 Å². The van der Waals surface area contributed by atoms with Gasteiger partial charge in [-0.15, -0.1) is 0 Å². The van der Waals surface area contributed by atoms with Crippen LogP contribution in [0.15, 0.2) is 43.0 Å². The lowest BCUT2D eigenvalue weighted by molar-refractivity contribution is 0.395. The van der Waals surface area contributed by atoms with E-state index in [4.69, 9.17) is 0 Å². The fourth-order valence-corrected chi connectivity index (χ4v) is 2.62. The van der Waals surface area contributed by atoms with Crippen LogP contribution < -0.4 is 0 Å². The molecule has 0 saturated heterocycles. The maximum absolute atomic E-state index is 4.09. The maximum atomic E-state index is 4.09. The van der Waals surface area contributed by atoms with E-state index in [9.17, 15) is 0 Å². The largest absolute Gasteiger partial charge is 0.337 e. The average Bonchev–Trinajstić information content (AvgIpc) is 2.82. The maximum Gasteiger partial charge on any atom is 0.0945 e. The lowest BCUT2D eigenvalue weighted by Gasteiger charge is -2.24. The Labute approximate surface area is 95.9 Å². The van der Waals surface area contributed by atoms with Gasteiger partial charge in [-0.2, -0.15) is 0 Å². The number of benzene rings is 1. The third-order valence-corrected chi connectivity index (χ3v) is 3.48. The first-order chi connectivity index (χ1) is 7.92. The van der Waals surface area contributed by atoms with Gasteiger partial charge in [0.15, 0.2) is 0 Å². The predicted octanol–water partition coefficient (Wildman–Crippen LogP) is 2.69. The summed E-state index contributed by atoms with van der Waals surface area (Å²) in [7, 11) is 0. The molecule has 1 aliphatic carbocycles. The van der Waals surface area contributed by atoms with Crippen molar-refractivity contribution >= 4 is 0 Å². The second kappa shape index (κ2) is 4.12. The predicted molar refractivity (Wildman–Crippen MR) is 64.2 cm³/mol. The second-order valence-corrected chi connectivity index (χ2v) is 4.64. The summed E-state index contributed by atoms with van der Waals surface area (Å²) >= 11 is 0.